The lowest BCUT2D eigenvalue weighted by atomic mass is 9.96. The van der Waals surface area contributed by atoms with E-state index in [9.17, 15) is 0 Å². The van der Waals surface area contributed by atoms with E-state index in [1.165, 1.54) is 43.1 Å². The highest BCUT2D eigenvalue weighted by molar-refractivity contribution is 7.09. The van der Waals surface area contributed by atoms with Gasteiger partial charge in [-0.15, -0.1) is 11.3 Å². The van der Waals surface area contributed by atoms with Crippen LogP contribution in [0.5, 0.6) is 0 Å². The van der Waals surface area contributed by atoms with Gasteiger partial charge >= 0.3 is 0 Å². The number of aromatic nitrogens is 1. The van der Waals surface area contributed by atoms with Crippen molar-refractivity contribution in [2.75, 3.05) is 19.6 Å². The third kappa shape index (κ3) is 3.76. The van der Waals surface area contributed by atoms with Gasteiger partial charge in [-0.3, -0.25) is 4.90 Å². The van der Waals surface area contributed by atoms with Gasteiger partial charge in [-0.2, -0.15) is 0 Å². The molecule has 1 aromatic heterocycles. The highest BCUT2D eigenvalue weighted by Crippen LogP contribution is 2.21. The minimum Gasteiger partial charge on any atom is -0.330 e. The maximum Gasteiger partial charge on any atom is 0.0941 e. The van der Waals surface area contributed by atoms with Crippen LogP contribution in [0, 0.1) is 5.92 Å². The fourth-order valence-corrected chi connectivity index (χ4v) is 3.32. The second kappa shape index (κ2) is 6.47. The number of nitrogens with two attached hydrogens (primary N) is 1. The van der Waals surface area contributed by atoms with Crippen LogP contribution in [0.25, 0.3) is 0 Å². The molecule has 0 amide bonds. The van der Waals surface area contributed by atoms with Crippen molar-refractivity contribution in [2.45, 2.75) is 39.2 Å². The second-order valence-corrected chi connectivity index (χ2v) is 5.87. The fraction of sp³-hybridized carbons (Fsp3) is 0.769. The molecule has 0 radical (unpaired) electrons. The maximum absolute atomic E-state index is 5.55. The zero-order valence-corrected chi connectivity index (χ0v) is 11.5. The molecule has 2 N–H and O–H groups in total. The molecule has 1 aromatic rings. The smallest absolute Gasteiger partial charge is 0.0941 e. The molecule has 4 heteroatoms. The summed E-state index contributed by atoms with van der Waals surface area (Å²) in [5, 5.41) is 3.38. The first-order valence-electron chi connectivity index (χ1n) is 6.67. The number of nitrogens with zero attached hydrogens (tertiary/aromatic N) is 2. The number of piperidine rings is 1. The average molecular weight is 253 g/mol. The quantitative estimate of drug-likeness (QED) is 0.875. The van der Waals surface area contributed by atoms with Gasteiger partial charge in [0.2, 0.25) is 0 Å². The Kier molecular flexibility index (Phi) is 4.95. The van der Waals surface area contributed by atoms with Crippen LogP contribution in [-0.4, -0.2) is 29.5 Å². The molecule has 1 aliphatic heterocycles. The van der Waals surface area contributed by atoms with Crippen LogP contribution < -0.4 is 5.73 Å². The molecule has 0 saturated carbocycles. The summed E-state index contributed by atoms with van der Waals surface area (Å²) in [6.07, 6.45) is 4.98. The average Bonchev–Trinajstić information content (AvgIpc) is 2.77. The largest absolute Gasteiger partial charge is 0.330 e. The Bertz CT molecular complexity index is 337. The maximum atomic E-state index is 5.55. The molecule has 3 nitrogen and oxygen atoms in total. The Balaban J connectivity index is 1.86. The third-order valence-corrected chi connectivity index (χ3v) is 4.48. The Morgan fingerprint density at radius 3 is 3.24 bits per heavy atom. The molecule has 2 heterocycles. The van der Waals surface area contributed by atoms with E-state index < -0.39 is 0 Å². The van der Waals surface area contributed by atoms with Crippen LogP contribution in [-0.2, 0) is 13.0 Å². The molecule has 2 rings (SSSR count). The lowest BCUT2D eigenvalue weighted by Gasteiger charge is -2.31. The highest BCUT2D eigenvalue weighted by atomic mass is 32.1. The summed E-state index contributed by atoms with van der Waals surface area (Å²) in [7, 11) is 0. The first-order valence-corrected chi connectivity index (χ1v) is 7.55. The first kappa shape index (κ1) is 13.0. The predicted octanol–water partition coefficient (Wildman–Crippen LogP) is 2.27. The van der Waals surface area contributed by atoms with Gasteiger partial charge in [0.15, 0.2) is 0 Å². The van der Waals surface area contributed by atoms with E-state index in [0.717, 1.165) is 18.9 Å². The van der Waals surface area contributed by atoms with Gasteiger partial charge in [0.1, 0.15) is 0 Å². The summed E-state index contributed by atoms with van der Waals surface area (Å²) in [6.45, 7) is 6.52. The van der Waals surface area contributed by atoms with Crippen molar-refractivity contribution < 1.29 is 0 Å². The van der Waals surface area contributed by atoms with Gasteiger partial charge in [-0.1, -0.05) is 13.3 Å². The van der Waals surface area contributed by atoms with Crippen molar-refractivity contribution >= 4 is 11.3 Å². The monoisotopic (exact) mass is 253 g/mol. The fourth-order valence-electron chi connectivity index (χ4n) is 2.52. The van der Waals surface area contributed by atoms with Crippen molar-refractivity contribution in [3.63, 3.8) is 0 Å². The lowest BCUT2D eigenvalue weighted by molar-refractivity contribution is 0.163. The summed E-state index contributed by atoms with van der Waals surface area (Å²) in [5.41, 5.74) is 6.78. The minimum absolute atomic E-state index is 0.703. The molecule has 1 unspecified atom stereocenters. The van der Waals surface area contributed by atoms with E-state index in [1.54, 1.807) is 11.3 Å². The molecule has 0 aromatic carbocycles. The van der Waals surface area contributed by atoms with E-state index in [1.807, 2.05) is 0 Å². The molecule has 1 fully saturated rings. The van der Waals surface area contributed by atoms with Crippen molar-refractivity contribution in [2.24, 2.45) is 11.7 Å². The van der Waals surface area contributed by atoms with Crippen LogP contribution in [0.1, 0.15) is 36.9 Å². The van der Waals surface area contributed by atoms with Gasteiger partial charge in [0, 0.05) is 24.9 Å². The Labute approximate surface area is 108 Å². The van der Waals surface area contributed by atoms with Crippen LogP contribution in [0.2, 0.25) is 0 Å². The summed E-state index contributed by atoms with van der Waals surface area (Å²) in [6, 6.07) is 0. The lowest BCUT2D eigenvalue weighted by Crippen LogP contribution is -2.34. The van der Waals surface area contributed by atoms with Crippen LogP contribution >= 0.6 is 11.3 Å². The van der Waals surface area contributed by atoms with Crippen molar-refractivity contribution in [1.29, 1.82) is 0 Å². The van der Waals surface area contributed by atoms with Crippen LogP contribution in [0.4, 0.5) is 0 Å². The third-order valence-electron chi connectivity index (χ3n) is 3.52. The summed E-state index contributed by atoms with van der Waals surface area (Å²) in [5.74, 6) is 0.894. The zero-order chi connectivity index (χ0) is 12.1. The molecule has 1 saturated heterocycles. The number of thiazole rings is 1. The van der Waals surface area contributed by atoms with E-state index >= 15 is 0 Å². The molecule has 0 aliphatic carbocycles. The molecule has 0 bridgehead atoms. The molecule has 96 valence electrons. The molecular formula is C13H23N3S. The molecule has 1 aliphatic rings. The first-order chi connectivity index (χ1) is 8.31. The van der Waals surface area contributed by atoms with Crippen molar-refractivity contribution in [3.05, 3.63) is 16.1 Å². The van der Waals surface area contributed by atoms with E-state index in [4.69, 9.17) is 5.73 Å². The van der Waals surface area contributed by atoms with Gasteiger partial charge in [0.05, 0.1) is 10.7 Å². The molecule has 1 atom stereocenters. The zero-order valence-electron chi connectivity index (χ0n) is 10.7. The Morgan fingerprint density at radius 1 is 1.59 bits per heavy atom. The molecule has 0 spiro atoms. The molecular weight excluding hydrogens is 230 g/mol. The van der Waals surface area contributed by atoms with E-state index in [-0.39, 0.29) is 0 Å². The standard InChI is InChI=1S/C13H23N3S/c1-2-11-4-3-7-16(8-11)9-12-10-17-13(15-12)5-6-14/h10-11H,2-9,14H2,1H3. The second-order valence-electron chi connectivity index (χ2n) is 4.92. The SMILES string of the molecule is CCC1CCCN(Cc2csc(CCN)n2)C1. The van der Waals surface area contributed by atoms with Crippen LogP contribution in [0.3, 0.4) is 0 Å². The van der Waals surface area contributed by atoms with Gasteiger partial charge < -0.3 is 5.73 Å². The number of rotatable bonds is 5. The minimum atomic E-state index is 0.703. The Morgan fingerprint density at radius 2 is 2.47 bits per heavy atom. The van der Waals surface area contributed by atoms with Gasteiger partial charge in [0.25, 0.3) is 0 Å². The van der Waals surface area contributed by atoms with Crippen molar-refractivity contribution in [3.8, 4) is 0 Å². The summed E-state index contributed by atoms with van der Waals surface area (Å²) >= 11 is 1.75. The number of hydrogen-bond donors (Lipinski definition) is 1. The number of hydrogen-bond acceptors (Lipinski definition) is 4. The van der Waals surface area contributed by atoms with Crippen molar-refractivity contribution in [1.82, 2.24) is 9.88 Å². The predicted molar refractivity (Wildman–Crippen MR) is 73.2 cm³/mol. The Hall–Kier alpha value is -0.450. The number of likely N-dealkylation sites (tertiary alicyclic amines) is 1. The van der Waals surface area contributed by atoms with Gasteiger partial charge in [-0.05, 0) is 31.8 Å². The molecule has 17 heavy (non-hydrogen) atoms. The summed E-state index contributed by atoms with van der Waals surface area (Å²) in [4.78, 5) is 7.20. The van der Waals surface area contributed by atoms with E-state index in [0.29, 0.717) is 6.54 Å². The van der Waals surface area contributed by atoms with E-state index in [2.05, 4.69) is 22.2 Å². The topological polar surface area (TPSA) is 42.1 Å². The normalized spacial score (nSPS) is 21.9. The summed E-state index contributed by atoms with van der Waals surface area (Å²) < 4.78 is 0. The van der Waals surface area contributed by atoms with Crippen LogP contribution in [0.15, 0.2) is 5.38 Å². The highest BCUT2D eigenvalue weighted by Gasteiger charge is 2.19. The van der Waals surface area contributed by atoms with Gasteiger partial charge in [-0.25, -0.2) is 4.98 Å².